The van der Waals surface area contributed by atoms with Gasteiger partial charge in [0.1, 0.15) is 11.9 Å². The van der Waals surface area contributed by atoms with E-state index in [9.17, 15) is 5.26 Å². The lowest BCUT2D eigenvalue weighted by Gasteiger charge is -2.20. The highest BCUT2D eigenvalue weighted by molar-refractivity contribution is 5.56. The van der Waals surface area contributed by atoms with Crippen molar-refractivity contribution in [3.8, 4) is 6.07 Å². The molecular weight excluding hydrogens is 248 g/mol. The van der Waals surface area contributed by atoms with Crippen LogP contribution in [0.25, 0.3) is 0 Å². The van der Waals surface area contributed by atoms with Crippen molar-refractivity contribution in [3.05, 3.63) is 53.0 Å². The Balaban J connectivity index is 1.91. The average Bonchev–Trinajstić information content (AvgIpc) is 2.94. The van der Waals surface area contributed by atoms with Gasteiger partial charge in [-0.15, -0.1) is 0 Å². The Labute approximate surface area is 118 Å². The molecule has 3 rings (SSSR count). The number of fused-ring (bicyclic) bond motifs is 1. The normalized spacial score (nSPS) is 12.8. The summed E-state index contributed by atoms with van der Waals surface area (Å²) in [7, 11) is 1.98. The van der Waals surface area contributed by atoms with Crippen LogP contribution in [-0.4, -0.2) is 17.0 Å². The first kappa shape index (κ1) is 12.6. The van der Waals surface area contributed by atoms with E-state index in [0.717, 1.165) is 42.9 Å². The molecule has 20 heavy (non-hydrogen) atoms. The fourth-order valence-corrected chi connectivity index (χ4v) is 2.67. The van der Waals surface area contributed by atoms with E-state index in [1.807, 2.05) is 30.1 Å². The molecule has 0 unspecified atom stereocenters. The van der Waals surface area contributed by atoms with E-state index in [4.69, 9.17) is 4.98 Å². The zero-order valence-corrected chi connectivity index (χ0v) is 11.5. The van der Waals surface area contributed by atoms with E-state index in [-0.39, 0.29) is 0 Å². The molecule has 0 aliphatic heterocycles. The van der Waals surface area contributed by atoms with Crippen molar-refractivity contribution in [1.29, 1.82) is 5.26 Å². The molecule has 0 bridgehead atoms. The quantitative estimate of drug-likeness (QED) is 0.854. The Bertz CT molecular complexity index is 658. The molecule has 1 aliphatic rings. The van der Waals surface area contributed by atoms with E-state index in [2.05, 4.69) is 11.1 Å². The number of pyridine rings is 2. The maximum Gasteiger partial charge on any atom is 0.146 e. The number of hydrogen-bond donors (Lipinski definition) is 0. The fourth-order valence-electron chi connectivity index (χ4n) is 2.67. The third-order valence-corrected chi connectivity index (χ3v) is 3.68. The van der Waals surface area contributed by atoms with Gasteiger partial charge in [0, 0.05) is 31.7 Å². The van der Waals surface area contributed by atoms with Crippen LogP contribution >= 0.6 is 0 Å². The van der Waals surface area contributed by atoms with Crippen molar-refractivity contribution in [2.45, 2.75) is 25.8 Å². The van der Waals surface area contributed by atoms with Crippen LogP contribution in [0.15, 0.2) is 30.6 Å². The lowest BCUT2D eigenvalue weighted by atomic mass is 10.1. The molecule has 0 amide bonds. The van der Waals surface area contributed by atoms with Crippen LogP contribution in [0.4, 0.5) is 5.82 Å². The van der Waals surface area contributed by atoms with E-state index < -0.39 is 0 Å². The molecular formula is C16H16N4. The molecule has 4 nitrogen and oxygen atoms in total. The summed E-state index contributed by atoms with van der Waals surface area (Å²) in [4.78, 5) is 10.8. The number of rotatable bonds is 3. The predicted molar refractivity (Wildman–Crippen MR) is 77.3 cm³/mol. The van der Waals surface area contributed by atoms with E-state index >= 15 is 0 Å². The maximum atomic E-state index is 9.34. The van der Waals surface area contributed by atoms with Gasteiger partial charge in [-0.3, -0.25) is 4.98 Å². The lowest BCUT2D eigenvalue weighted by molar-refractivity contribution is 0.870. The minimum atomic E-state index is 0.669. The van der Waals surface area contributed by atoms with Crippen molar-refractivity contribution in [3.63, 3.8) is 0 Å². The molecule has 0 saturated carbocycles. The lowest BCUT2D eigenvalue weighted by Crippen LogP contribution is -2.19. The highest BCUT2D eigenvalue weighted by atomic mass is 15.2. The predicted octanol–water partition coefficient (Wildman–Crippen LogP) is 2.47. The number of nitriles is 1. The van der Waals surface area contributed by atoms with Crippen LogP contribution in [0.1, 0.15) is 28.8 Å². The number of nitrogens with zero attached hydrogens (tertiary/aromatic N) is 4. The van der Waals surface area contributed by atoms with E-state index in [1.165, 1.54) is 5.56 Å². The summed E-state index contributed by atoms with van der Waals surface area (Å²) in [6, 6.07) is 8.25. The molecule has 2 aromatic heterocycles. The van der Waals surface area contributed by atoms with Crippen LogP contribution in [0, 0.1) is 11.3 Å². The molecule has 0 atom stereocenters. The van der Waals surface area contributed by atoms with Gasteiger partial charge < -0.3 is 4.90 Å². The molecule has 4 heteroatoms. The first-order chi connectivity index (χ1) is 9.78. The Morgan fingerprint density at radius 1 is 1.30 bits per heavy atom. The molecule has 0 saturated heterocycles. The SMILES string of the molecule is CN(Cc1ccncc1)c1nc2c(cc1C#N)CCC2. The Hall–Kier alpha value is -2.41. The molecule has 1 aliphatic carbocycles. The summed E-state index contributed by atoms with van der Waals surface area (Å²) in [5, 5.41) is 9.34. The summed E-state index contributed by atoms with van der Waals surface area (Å²) < 4.78 is 0. The average molecular weight is 264 g/mol. The summed E-state index contributed by atoms with van der Waals surface area (Å²) in [5.74, 6) is 0.782. The van der Waals surface area contributed by atoms with Crippen LogP contribution < -0.4 is 4.90 Å². The van der Waals surface area contributed by atoms with Gasteiger partial charge in [0.2, 0.25) is 0 Å². The minimum Gasteiger partial charge on any atom is -0.354 e. The first-order valence-electron chi connectivity index (χ1n) is 6.81. The topological polar surface area (TPSA) is 52.8 Å². The Kier molecular flexibility index (Phi) is 3.34. The van der Waals surface area contributed by atoms with Gasteiger partial charge in [-0.1, -0.05) is 0 Å². The van der Waals surface area contributed by atoms with Crippen molar-refractivity contribution >= 4 is 5.82 Å². The largest absolute Gasteiger partial charge is 0.354 e. The van der Waals surface area contributed by atoms with E-state index in [1.54, 1.807) is 12.4 Å². The third-order valence-electron chi connectivity index (χ3n) is 3.68. The highest BCUT2D eigenvalue weighted by Gasteiger charge is 2.18. The summed E-state index contributed by atoms with van der Waals surface area (Å²) in [6.07, 6.45) is 6.78. The van der Waals surface area contributed by atoms with Crippen molar-refractivity contribution < 1.29 is 0 Å². The second-order valence-corrected chi connectivity index (χ2v) is 5.14. The molecule has 0 fully saturated rings. The van der Waals surface area contributed by atoms with Crippen molar-refractivity contribution in [1.82, 2.24) is 9.97 Å². The van der Waals surface area contributed by atoms with E-state index in [0.29, 0.717) is 5.56 Å². The zero-order chi connectivity index (χ0) is 13.9. The summed E-state index contributed by atoms with van der Waals surface area (Å²) in [5.41, 5.74) is 4.22. The third kappa shape index (κ3) is 2.35. The molecule has 100 valence electrons. The molecule has 0 N–H and O–H groups in total. The van der Waals surface area contributed by atoms with Gasteiger partial charge in [0.15, 0.2) is 0 Å². The van der Waals surface area contributed by atoms with Crippen LogP contribution in [0.2, 0.25) is 0 Å². The van der Waals surface area contributed by atoms with Crippen molar-refractivity contribution in [2.24, 2.45) is 0 Å². The maximum absolute atomic E-state index is 9.34. The molecule has 2 aromatic rings. The second-order valence-electron chi connectivity index (χ2n) is 5.14. The first-order valence-corrected chi connectivity index (χ1v) is 6.81. The van der Waals surface area contributed by atoms with Crippen molar-refractivity contribution in [2.75, 3.05) is 11.9 Å². The Morgan fingerprint density at radius 3 is 2.85 bits per heavy atom. The van der Waals surface area contributed by atoms with Gasteiger partial charge in [-0.05, 0) is 48.6 Å². The van der Waals surface area contributed by atoms with Gasteiger partial charge in [0.05, 0.1) is 5.56 Å². The monoisotopic (exact) mass is 264 g/mol. The minimum absolute atomic E-state index is 0.669. The standard InChI is InChI=1S/C16H16N4/c1-20(11-12-5-7-18-8-6-12)16-14(10-17)9-13-3-2-4-15(13)19-16/h5-9H,2-4,11H2,1H3. The van der Waals surface area contributed by atoms with Crippen LogP contribution in [0.5, 0.6) is 0 Å². The van der Waals surface area contributed by atoms with Gasteiger partial charge >= 0.3 is 0 Å². The molecule has 0 spiro atoms. The molecule has 2 heterocycles. The molecule has 0 radical (unpaired) electrons. The number of aromatic nitrogens is 2. The zero-order valence-electron chi connectivity index (χ0n) is 11.5. The van der Waals surface area contributed by atoms with Gasteiger partial charge in [0.25, 0.3) is 0 Å². The number of hydrogen-bond acceptors (Lipinski definition) is 4. The van der Waals surface area contributed by atoms with Gasteiger partial charge in [-0.25, -0.2) is 4.98 Å². The van der Waals surface area contributed by atoms with Gasteiger partial charge in [-0.2, -0.15) is 5.26 Å². The summed E-state index contributed by atoms with van der Waals surface area (Å²) in [6.45, 7) is 0.725. The Morgan fingerprint density at radius 2 is 2.10 bits per heavy atom. The number of aryl methyl sites for hydroxylation is 2. The van der Waals surface area contributed by atoms with Crippen LogP contribution in [0.3, 0.4) is 0 Å². The fraction of sp³-hybridized carbons (Fsp3) is 0.312. The molecule has 0 aromatic carbocycles. The van der Waals surface area contributed by atoms with Crippen LogP contribution in [-0.2, 0) is 19.4 Å². The number of anilines is 1. The highest BCUT2D eigenvalue weighted by Crippen LogP contribution is 2.27. The smallest absolute Gasteiger partial charge is 0.146 e. The second kappa shape index (κ2) is 5.30. The summed E-state index contributed by atoms with van der Waals surface area (Å²) >= 11 is 0.